The van der Waals surface area contributed by atoms with Gasteiger partial charge in [0.2, 0.25) is 0 Å². The van der Waals surface area contributed by atoms with Gasteiger partial charge in [-0.1, -0.05) is 23.8 Å². The van der Waals surface area contributed by atoms with E-state index >= 15 is 0 Å². The van der Waals surface area contributed by atoms with Gasteiger partial charge in [0.05, 0.1) is 0 Å². The monoisotopic (exact) mass is 263 g/mol. The smallest absolute Gasteiger partial charge is 0.326 e. The van der Waals surface area contributed by atoms with Crippen LogP contribution in [0.15, 0.2) is 24.3 Å². The third kappa shape index (κ3) is 1.62. The maximum Gasteiger partial charge on any atom is 0.326 e. The average molecular weight is 264 g/mol. The molecule has 3 atom stereocenters. The predicted octanol–water partition coefficient (Wildman–Crippen LogP) is 3.19. The molecule has 0 radical (unpaired) electrons. The van der Waals surface area contributed by atoms with E-state index in [1.807, 2.05) is 19.1 Å². The number of carbonyl (C=O) groups is 1. The molecule has 1 aliphatic carbocycles. The van der Waals surface area contributed by atoms with Crippen LogP contribution in [0.2, 0.25) is 5.02 Å². The molecule has 2 aliphatic rings. The molecule has 4 heteroatoms. The van der Waals surface area contributed by atoms with Crippen LogP contribution < -0.4 is 5.32 Å². The Morgan fingerprint density at radius 2 is 2.28 bits per heavy atom. The largest absolute Gasteiger partial charge is 0.480 e. The van der Waals surface area contributed by atoms with Crippen molar-refractivity contribution in [2.75, 3.05) is 5.32 Å². The fourth-order valence-corrected chi connectivity index (χ4v) is 3.37. The Morgan fingerprint density at radius 3 is 3.00 bits per heavy atom. The summed E-state index contributed by atoms with van der Waals surface area (Å²) in [7, 11) is 0. The molecule has 0 spiro atoms. The van der Waals surface area contributed by atoms with Gasteiger partial charge >= 0.3 is 5.97 Å². The van der Waals surface area contributed by atoms with E-state index in [1.165, 1.54) is 0 Å². The van der Waals surface area contributed by atoms with Gasteiger partial charge in [-0.2, -0.15) is 0 Å². The number of fused-ring (bicyclic) bond motifs is 3. The lowest BCUT2D eigenvalue weighted by molar-refractivity contribution is -0.139. The van der Waals surface area contributed by atoms with Crippen LogP contribution in [0, 0.1) is 12.8 Å². The van der Waals surface area contributed by atoms with Crippen molar-refractivity contribution in [1.29, 1.82) is 0 Å². The predicted molar refractivity (Wildman–Crippen MR) is 71.2 cm³/mol. The minimum Gasteiger partial charge on any atom is -0.480 e. The van der Waals surface area contributed by atoms with Crippen LogP contribution in [-0.4, -0.2) is 17.1 Å². The van der Waals surface area contributed by atoms with Gasteiger partial charge in [0.15, 0.2) is 0 Å². The van der Waals surface area contributed by atoms with E-state index in [2.05, 4.69) is 17.5 Å². The second kappa shape index (κ2) is 4.02. The highest BCUT2D eigenvalue weighted by Gasteiger charge is 2.41. The number of carboxylic acid groups (broad SMARTS) is 1. The van der Waals surface area contributed by atoms with Crippen molar-refractivity contribution in [2.45, 2.75) is 25.3 Å². The molecule has 94 valence electrons. The van der Waals surface area contributed by atoms with Crippen molar-refractivity contribution >= 4 is 23.3 Å². The molecule has 1 aromatic rings. The lowest BCUT2D eigenvalue weighted by Gasteiger charge is -2.35. The number of nitrogens with one attached hydrogen (secondary N) is 1. The molecule has 0 aromatic heterocycles. The Hall–Kier alpha value is -1.48. The van der Waals surface area contributed by atoms with Gasteiger partial charge in [-0.15, -0.1) is 0 Å². The number of hydrogen-bond acceptors (Lipinski definition) is 2. The molecule has 0 bridgehead atoms. The number of aryl methyl sites for hydroxylation is 1. The Balaban J connectivity index is 2.14. The third-order valence-corrected chi connectivity index (χ3v) is 4.12. The lowest BCUT2D eigenvalue weighted by Crippen LogP contribution is -2.42. The van der Waals surface area contributed by atoms with Gasteiger partial charge in [-0.3, -0.25) is 0 Å². The Bertz CT molecular complexity index is 553. The summed E-state index contributed by atoms with van der Waals surface area (Å²) in [6.45, 7) is 1.95. The van der Waals surface area contributed by atoms with E-state index in [4.69, 9.17) is 11.6 Å². The molecule has 3 rings (SSSR count). The molecule has 0 saturated heterocycles. The SMILES string of the molecule is Cc1cc(Cl)cc2c1N[C@H](C(=O)O)[C@@H]1CC=C[C@H]21. The lowest BCUT2D eigenvalue weighted by atomic mass is 9.78. The van der Waals surface area contributed by atoms with Gasteiger partial charge in [0.1, 0.15) is 6.04 Å². The van der Waals surface area contributed by atoms with Crippen LogP contribution in [0.25, 0.3) is 0 Å². The van der Waals surface area contributed by atoms with Crippen LogP contribution in [0.3, 0.4) is 0 Å². The standard InChI is InChI=1S/C14H14ClNO2/c1-7-5-8(15)6-11-9-3-2-4-10(9)13(14(17)18)16-12(7)11/h2-3,5-6,9-10,13,16H,4H2,1H3,(H,17,18)/t9-,10+,13-/m0/s1. The summed E-state index contributed by atoms with van der Waals surface area (Å²) in [6, 6.07) is 3.30. The van der Waals surface area contributed by atoms with Crippen LogP contribution in [-0.2, 0) is 4.79 Å². The number of anilines is 1. The molecule has 0 fully saturated rings. The fourth-order valence-electron chi connectivity index (χ4n) is 3.09. The van der Waals surface area contributed by atoms with Crippen LogP contribution in [0.4, 0.5) is 5.69 Å². The van der Waals surface area contributed by atoms with Gasteiger partial charge in [0, 0.05) is 22.5 Å². The number of hydrogen-bond donors (Lipinski definition) is 2. The number of rotatable bonds is 1. The number of aliphatic carboxylic acids is 1. The molecule has 18 heavy (non-hydrogen) atoms. The molecule has 0 unspecified atom stereocenters. The minimum absolute atomic E-state index is 0.0906. The first-order valence-corrected chi connectivity index (χ1v) is 6.42. The van der Waals surface area contributed by atoms with E-state index in [9.17, 15) is 9.90 Å². The quantitative estimate of drug-likeness (QED) is 0.765. The van der Waals surface area contributed by atoms with E-state index in [0.29, 0.717) is 5.02 Å². The van der Waals surface area contributed by atoms with Gasteiger partial charge in [-0.05, 0) is 36.6 Å². The van der Waals surface area contributed by atoms with Crippen LogP contribution in [0.5, 0.6) is 0 Å². The Kier molecular flexibility index (Phi) is 2.59. The molecule has 2 N–H and O–H groups in total. The number of carboxylic acids is 1. The molecule has 1 aromatic carbocycles. The highest BCUT2D eigenvalue weighted by atomic mass is 35.5. The van der Waals surface area contributed by atoms with Crippen LogP contribution in [0.1, 0.15) is 23.5 Å². The zero-order valence-electron chi connectivity index (χ0n) is 9.98. The first-order chi connectivity index (χ1) is 8.58. The van der Waals surface area contributed by atoms with Gasteiger partial charge < -0.3 is 10.4 Å². The van der Waals surface area contributed by atoms with Crippen molar-refractivity contribution < 1.29 is 9.90 Å². The van der Waals surface area contributed by atoms with Gasteiger partial charge in [0.25, 0.3) is 0 Å². The van der Waals surface area contributed by atoms with Gasteiger partial charge in [-0.25, -0.2) is 4.79 Å². The molecule has 0 saturated carbocycles. The normalized spacial score (nSPS) is 28.4. The summed E-state index contributed by atoms with van der Waals surface area (Å²) in [4.78, 5) is 11.4. The van der Waals surface area contributed by atoms with E-state index < -0.39 is 12.0 Å². The fraction of sp³-hybridized carbons (Fsp3) is 0.357. The van der Waals surface area contributed by atoms with Crippen molar-refractivity contribution in [1.82, 2.24) is 0 Å². The summed E-state index contributed by atoms with van der Waals surface area (Å²) >= 11 is 6.10. The summed E-state index contributed by atoms with van der Waals surface area (Å²) in [5.41, 5.74) is 3.05. The molecule has 0 amide bonds. The Morgan fingerprint density at radius 1 is 1.50 bits per heavy atom. The number of halogens is 1. The van der Waals surface area contributed by atoms with E-state index in [-0.39, 0.29) is 11.8 Å². The van der Waals surface area contributed by atoms with Crippen molar-refractivity contribution in [3.05, 3.63) is 40.4 Å². The first-order valence-electron chi connectivity index (χ1n) is 6.04. The maximum absolute atomic E-state index is 11.4. The maximum atomic E-state index is 11.4. The van der Waals surface area contributed by atoms with E-state index in [1.54, 1.807) is 0 Å². The summed E-state index contributed by atoms with van der Waals surface area (Å²) in [6.07, 6.45) is 4.98. The number of benzene rings is 1. The molecule has 1 aliphatic heterocycles. The average Bonchev–Trinajstić information content (AvgIpc) is 2.76. The minimum atomic E-state index is -0.784. The van der Waals surface area contributed by atoms with Crippen molar-refractivity contribution in [2.24, 2.45) is 5.92 Å². The summed E-state index contributed by atoms with van der Waals surface area (Å²) in [5.74, 6) is -0.527. The van der Waals surface area contributed by atoms with E-state index in [0.717, 1.165) is 23.2 Å². The molecule has 3 nitrogen and oxygen atoms in total. The zero-order valence-corrected chi connectivity index (χ0v) is 10.7. The highest BCUT2D eigenvalue weighted by molar-refractivity contribution is 6.30. The molecular weight excluding hydrogens is 250 g/mol. The second-order valence-corrected chi connectivity index (χ2v) is 5.44. The highest BCUT2D eigenvalue weighted by Crippen LogP contribution is 2.46. The summed E-state index contributed by atoms with van der Waals surface area (Å²) in [5, 5.41) is 13.2. The second-order valence-electron chi connectivity index (χ2n) is 5.00. The summed E-state index contributed by atoms with van der Waals surface area (Å²) < 4.78 is 0. The Labute approximate surface area is 110 Å². The molecule has 1 heterocycles. The zero-order chi connectivity index (χ0) is 12.9. The molecular formula is C14H14ClNO2. The number of allylic oxidation sites excluding steroid dienone is 2. The first kappa shape index (κ1) is 11.6. The third-order valence-electron chi connectivity index (χ3n) is 3.90. The van der Waals surface area contributed by atoms with Crippen molar-refractivity contribution in [3.63, 3.8) is 0 Å². The topological polar surface area (TPSA) is 49.3 Å². The van der Waals surface area contributed by atoms with Crippen LogP contribution >= 0.6 is 11.6 Å². The van der Waals surface area contributed by atoms with Crippen molar-refractivity contribution in [3.8, 4) is 0 Å².